The van der Waals surface area contributed by atoms with Gasteiger partial charge in [0.05, 0.1) is 88.1 Å². The van der Waals surface area contributed by atoms with Crippen molar-refractivity contribution in [1.29, 1.82) is 0 Å². The third-order valence-electron chi connectivity index (χ3n) is 15.1. The molecular formula is C75H89FN21O3+. The molecule has 1 unspecified atom stereocenters. The lowest BCUT2D eigenvalue weighted by molar-refractivity contribution is -0.908. The van der Waals surface area contributed by atoms with Gasteiger partial charge >= 0.3 is 6.04 Å². The number of hydrogen-bond donors (Lipinski definition) is 3. The van der Waals surface area contributed by atoms with Crippen LogP contribution in [-0.4, -0.2) is 99.6 Å². The van der Waals surface area contributed by atoms with Crippen molar-refractivity contribution >= 4 is 44.7 Å². The number of ether oxygens (including phenoxy) is 2. The maximum absolute atomic E-state index is 13.1. The summed E-state index contributed by atoms with van der Waals surface area (Å²) in [4.78, 5) is 45.3. The van der Waals surface area contributed by atoms with Gasteiger partial charge in [0.25, 0.3) is 5.78 Å². The Labute approximate surface area is 582 Å². The number of imidazole rings is 2. The minimum absolute atomic E-state index is 0.472. The van der Waals surface area contributed by atoms with Gasteiger partial charge in [-0.05, 0) is 168 Å². The maximum Gasteiger partial charge on any atom is 0.404 e. The number of fused-ring (bicyclic) bond motifs is 6. The Balaban J connectivity index is 0.000000156. The number of para-hydroxylation sites is 2. The van der Waals surface area contributed by atoms with Crippen LogP contribution in [0.2, 0.25) is 0 Å². The van der Waals surface area contributed by atoms with Gasteiger partial charge in [-0.15, -0.1) is 0 Å². The van der Waals surface area contributed by atoms with Gasteiger partial charge in [-0.1, -0.05) is 36.9 Å². The van der Waals surface area contributed by atoms with E-state index in [0.29, 0.717) is 17.3 Å². The highest BCUT2D eigenvalue weighted by molar-refractivity contribution is 5.80. The van der Waals surface area contributed by atoms with Gasteiger partial charge in [-0.2, -0.15) is 19.7 Å². The number of aryl methyl sites for hydroxylation is 18. The molecule has 0 bridgehead atoms. The molecule has 16 rings (SSSR count). The van der Waals surface area contributed by atoms with Crippen LogP contribution in [0.5, 0.6) is 11.5 Å². The van der Waals surface area contributed by atoms with E-state index in [4.69, 9.17) is 14.7 Å². The summed E-state index contributed by atoms with van der Waals surface area (Å²) in [5.41, 5.74) is 20.1. The van der Waals surface area contributed by atoms with E-state index < -0.39 is 6.04 Å². The third kappa shape index (κ3) is 22.0. The fourth-order valence-electron chi connectivity index (χ4n) is 9.06. The van der Waals surface area contributed by atoms with Gasteiger partial charge < -0.3 is 20.1 Å². The van der Waals surface area contributed by atoms with Crippen LogP contribution in [0, 0.1) is 111 Å². The zero-order chi connectivity index (χ0) is 72.8. The fourth-order valence-corrected chi connectivity index (χ4v) is 9.06. The van der Waals surface area contributed by atoms with Crippen LogP contribution in [0.15, 0.2) is 178 Å². The molecule has 2 aliphatic heterocycles. The van der Waals surface area contributed by atoms with Crippen molar-refractivity contribution in [3.8, 4) is 11.5 Å². The van der Waals surface area contributed by atoms with Crippen molar-refractivity contribution in [1.82, 2.24) is 88.4 Å². The van der Waals surface area contributed by atoms with Crippen molar-refractivity contribution < 1.29 is 23.8 Å². The van der Waals surface area contributed by atoms with E-state index in [1.807, 2.05) is 229 Å². The van der Waals surface area contributed by atoms with Crippen LogP contribution in [0.25, 0.3) is 33.4 Å². The summed E-state index contributed by atoms with van der Waals surface area (Å²) >= 11 is 0. The molecule has 0 saturated heterocycles. The van der Waals surface area contributed by atoms with E-state index >= 15 is 0 Å². The summed E-state index contributed by atoms with van der Waals surface area (Å²) in [7, 11) is 3.88. The standard InChI is InChI=1S/C9H9FO2.3C8H9N3.C8H8N2.C7H8N4.2C7H10N2.C7H9N.C6H8NO/c1-6-4-3-5-7-8(6)12-9(2,10)11-7;1-6-3-8-7(4-9-6)5-10-11(8)2;1-5-3-9-4-7-8(5)11-6(2)10-7;1-6-3-4-11-7(2)5-9-8(11)10-6;1-10-8-5-3-2-4-7(8)6-9-10;1-5-3-9-11-6(2)4-8-7(11)10-5;1-5-4-8-6(2)7(3)9-5;1-5-4-8-7(3)9-6(5)2;1-6-3-4-8-5-7(6)2;1-6-4-2-3-5-7(6)8/h3-5H,1-2H3;3-5H,1-2H3;3-4,10-11H,2H2,1H3;3-5H,1-2H3;2-6H,1H3;3-4H,1-2H3;2*4H,1-3H3;3-5H,1-2H3;2-5,8H,1H3/q;;;;;;;;;+1. The normalized spacial score (nSPS) is 12.4. The molecule has 2 aromatic carbocycles. The number of nitrogens with zero attached hydrogens (tertiary/aromatic N) is 19. The second-order valence-electron chi connectivity index (χ2n) is 23.7. The second-order valence-corrected chi connectivity index (χ2v) is 23.7. The summed E-state index contributed by atoms with van der Waals surface area (Å²) in [5, 5.41) is 29.7. The number of hydrogen-bond acceptors (Lipinski definition) is 19. The molecule has 14 aromatic rings. The molecule has 0 saturated carbocycles. The molecule has 12 aromatic heterocycles. The van der Waals surface area contributed by atoms with Gasteiger partial charge in [0, 0.05) is 122 Å². The molecule has 3 N–H and O–H groups in total. The van der Waals surface area contributed by atoms with E-state index in [2.05, 4.69) is 113 Å². The molecule has 0 spiro atoms. The predicted molar refractivity (Wildman–Crippen MR) is 389 cm³/mol. The number of rotatable bonds is 0. The van der Waals surface area contributed by atoms with E-state index in [9.17, 15) is 4.39 Å². The maximum atomic E-state index is 13.1. The number of pyridine rings is 4. The third-order valence-corrected chi connectivity index (χ3v) is 15.1. The zero-order valence-electron chi connectivity index (χ0n) is 60.4. The van der Waals surface area contributed by atoms with Gasteiger partial charge in [0.15, 0.2) is 11.5 Å². The lowest BCUT2D eigenvalue weighted by atomic mass is 10.2. The number of nitrogens with one attached hydrogen (secondary N) is 2. The van der Waals surface area contributed by atoms with Crippen LogP contribution in [0.1, 0.15) is 97.5 Å². The van der Waals surface area contributed by atoms with Crippen molar-refractivity contribution in [2.75, 3.05) is 10.6 Å². The molecule has 2 aliphatic rings. The Kier molecular flexibility index (Phi) is 26.6. The summed E-state index contributed by atoms with van der Waals surface area (Å²) in [6.07, 6.45) is 25.3. The van der Waals surface area contributed by atoms with E-state index in [1.165, 1.54) is 29.0 Å². The number of aromatic nitrogens is 19. The highest BCUT2D eigenvalue weighted by Gasteiger charge is 2.37. The average molecular weight is 1350 g/mol. The Morgan fingerprint density at radius 3 is 1.82 bits per heavy atom. The van der Waals surface area contributed by atoms with Crippen molar-refractivity contribution in [2.24, 2.45) is 14.1 Å². The monoisotopic (exact) mass is 1350 g/mol. The molecule has 14 heterocycles. The van der Waals surface area contributed by atoms with E-state index in [0.717, 1.165) is 118 Å². The first-order chi connectivity index (χ1) is 47.6. The molecule has 100 heavy (non-hydrogen) atoms. The summed E-state index contributed by atoms with van der Waals surface area (Å²) in [6, 6.07) is 23.0. The van der Waals surface area contributed by atoms with Crippen molar-refractivity contribution in [3.05, 3.63) is 269 Å². The number of alkyl halides is 1. The second kappa shape index (κ2) is 35.3. The smallest absolute Gasteiger partial charge is 0.404 e. The van der Waals surface area contributed by atoms with Gasteiger partial charge in [-0.3, -0.25) is 43.9 Å². The predicted octanol–water partition coefficient (Wildman–Crippen LogP) is 14.1. The first-order valence-corrected chi connectivity index (χ1v) is 32.0. The Bertz CT molecular complexity index is 4810. The topological polar surface area (TPSA) is 266 Å². The minimum Gasteiger partial charge on any atom is -0.423 e. The Hall–Kier alpha value is -12.0. The highest BCUT2D eigenvalue weighted by Crippen LogP contribution is 2.42. The number of anilines is 2. The molecular weight excluding hydrogens is 1260 g/mol. The van der Waals surface area contributed by atoms with Gasteiger partial charge in [0.1, 0.15) is 11.6 Å². The van der Waals surface area contributed by atoms with E-state index in [-0.39, 0.29) is 0 Å². The molecule has 1 atom stereocenters. The molecule has 0 amide bonds. The zero-order valence-corrected chi connectivity index (χ0v) is 60.4. The summed E-state index contributed by atoms with van der Waals surface area (Å²) in [6.45, 7) is 36.4. The van der Waals surface area contributed by atoms with Crippen LogP contribution in [0.4, 0.5) is 15.8 Å². The number of halogens is 1. The van der Waals surface area contributed by atoms with Crippen molar-refractivity contribution in [2.45, 2.75) is 124 Å². The number of benzene rings is 2. The Morgan fingerprint density at radius 1 is 0.500 bits per heavy atom. The highest BCUT2D eigenvalue weighted by atomic mass is 19.2. The molecule has 24 nitrogen and oxygen atoms in total. The van der Waals surface area contributed by atoms with Crippen LogP contribution in [-0.2, 0) is 14.1 Å². The minimum atomic E-state index is -2.01. The fraction of sp³-hybridized carbons (Fsp3) is 0.267. The SMILES string of the molecule is C=C1Nc2cncc(C)c2N1.Cc1cc2c(cn1)cnn2C.Cc1cccc2c1OC(C)(F)O2.Cc1cccc[n+]1O.Cc1ccn2c(C)cnc2n1.Cc1ccncc1C.Cc1cnc(C)c(C)n1.Cc1cnn2c(C)cnc2n1.Cc1ncc(C)c(C)n1.Cn1ncc2ccccc21. The molecule has 518 valence electrons. The summed E-state index contributed by atoms with van der Waals surface area (Å²) < 4.78 is 31.4. The first kappa shape index (κ1) is 75.4. The van der Waals surface area contributed by atoms with Crippen molar-refractivity contribution in [3.63, 3.8) is 0 Å². The lowest BCUT2D eigenvalue weighted by Gasteiger charge is -2.10. The molecule has 25 heteroatoms. The van der Waals surface area contributed by atoms with Crippen LogP contribution in [0.3, 0.4) is 0 Å². The van der Waals surface area contributed by atoms with Crippen LogP contribution >= 0.6 is 0 Å². The lowest BCUT2D eigenvalue weighted by Crippen LogP contribution is -2.32. The van der Waals surface area contributed by atoms with Gasteiger partial charge in [-0.25, -0.2) is 34.4 Å². The first-order valence-electron chi connectivity index (χ1n) is 32.0. The quantitative estimate of drug-likeness (QED) is 0.0940. The summed E-state index contributed by atoms with van der Waals surface area (Å²) in [5.74, 6) is 4.08. The molecule has 0 fully saturated rings. The average Bonchev–Trinajstić information content (AvgIpc) is 1.67. The van der Waals surface area contributed by atoms with Crippen LogP contribution < -0.4 is 24.8 Å². The molecule has 0 radical (unpaired) electrons. The largest absolute Gasteiger partial charge is 0.423 e. The Morgan fingerprint density at radius 2 is 1.18 bits per heavy atom. The molecule has 0 aliphatic carbocycles. The van der Waals surface area contributed by atoms with E-state index in [1.54, 1.807) is 53.7 Å². The van der Waals surface area contributed by atoms with Gasteiger partial charge in [0.2, 0.25) is 17.7 Å².